The lowest BCUT2D eigenvalue weighted by atomic mass is 10.1. The van der Waals surface area contributed by atoms with Crippen molar-refractivity contribution in [1.29, 1.82) is 0 Å². The van der Waals surface area contributed by atoms with Crippen LogP contribution in [0.4, 0.5) is 4.39 Å². The first kappa shape index (κ1) is 13.4. The van der Waals surface area contributed by atoms with Gasteiger partial charge in [-0.25, -0.2) is 4.39 Å². The third-order valence-corrected chi connectivity index (χ3v) is 3.53. The average Bonchev–Trinajstić information content (AvgIpc) is 2.96. The van der Waals surface area contributed by atoms with Gasteiger partial charge in [0, 0.05) is 29.2 Å². The molecule has 2 aromatic carbocycles. The smallest absolute Gasteiger partial charge is 0.252 e. The fourth-order valence-corrected chi connectivity index (χ4v) is 2.31. The van der Waals surface area contributed by atoms with Crippen molar-refractivity contribution >= 4 is 16.8 Å². The van der Waals surface area contributed by atoms with Crippen LogP contribution in [0.2, 0.25) is 0 Å². The molecule has 0 saturated heterocycles. The van der Waals surface area contributed by atoms with E-state index in [0.29, 0.717) is 17.7 Å². The number of aromatic amines is 1. The first-order valence-corrected chi connectivity index (χ1v) is 6.74. The number of amides is 1. The molecule has 0 spiro atoms. The number of carbonyl (C=O) groups excluding carboxylic acids is 1. The van der Waals surface area contributed by atoms with Crippen molar-refractivity contribution in [2.24, 2.45) is 0 Å². The minimum Gasteiger partial charge on any atom is -0.361 e. The highest BCUT2D eigenvalue weighted by Crippen LogP contribution is 2.17. The normalized spacial score (nSPS) is 10.8. The molecule has 0 aliphatic rings. The summed E-state index contributed by atoms with van der Waals surface area (Å²) < 4.78 is 13.5. The molecule has 1 aromatic heterocycles. The molecule has 0 saturated carbocycles. The number of hydrogen-bond donors (Lipinski definition) is 2. The van der Waals surface area contributed by atoms with E-state index in [2.05, 4.69) is 10.3 Å². The molecule has 0 aliphatic carbocycles. The summed E-state index contributed by atoms with van der Waals surface area (Å²) in [6.07, 6.45) is 1.80. The van der Waals surface area contributed by atoms with Crippen molar-refractivity contribution in [3.63, 3.8) is 0 Å². The summed E-state index contributed by atoms with van der Waals surface area (Å²) >= 11 is 0. The molecule has 3 aromatic rings. The number of halogens is 1. The second kappa shape index (κ2) is 5.40. The van der Waals surface area contributed by atoms with Gasteiger partial charge in [-0.3, -0.25) is 4.79 Å². The summed E-state index contributed by atoms with van der Waals surface area (Å²) in [4.78, 5) is 15.3. The first-order chi connectivity index (χ1) is 10.1. The zero-order valence-corrected chi connectivity index (χ0v) is 11.6. The third-order valence-electron chi connectivity index (χ3n) is 3.53. The summed E-state index contributed by atoms with van der Waals surface area (Å²) in [5, 5.41) is 3.70. The van der Waals surface area contributed by atoms with Crippen LogP contribution in [0.1, 0.15) is 21.5 Å². The molecule has 1 amide bonds. The highest BCUT2D eigenvalue weighted by molar-refractivity contribution is 6.06. The standard InChI is InChI=1S/C17H15FN2O/c1-11-5-6-12(9-15(11)18)10-20-17(21)14-3-2-4-16-13(14)7-8-19-16/h2-9,19H,10H2,1H3,(H,20,21). The quantitative estimate of drug-likeness (QED) is 0.758. The van der Waals surface area contributed by atoms with Crippen molar-refractivity contribution in [3.05, 3.63) is 71.2 Å². The van der Waals surface area contributed by atoms with Crippen molar-refractivity contribution in [2.45, 2.75) is 13.5 Å². The summed E-state index contributed by atoms with van der Waals surface area (Å²) in [6, 6.07) is 12.4. The van der Waals surface area contributed by atoms with Crippen LogP contribution in [0.25, 0.3) is 10.9 Å². The van der Waals surface area contributed by atoms with Crippen LogP contribution >= 0.6 is 0 Å². The zero-order valence-electron chi connectivity index (χ0n) is 11.6. The van der Waals surface area contributed by atoms with Crippen molar-refractivity contribution < 1.29 is 9.18 Å². The maximum Gasteiger partial charge on any atom is 0.252 e. The fourth-order valence-electron chi connectivity index (χ4n) is 2.31. The molecule has 0 radical (unpaired) electrons. The van der Waals surface area contributed by atoms with Gasteiger partial charge in [0.15, 0.2) is 0 Å². The van der Waals surface area contributed by atoms with E-state index < -0.39 is 0 Å². The second-order valence-electron chi connectivity index (χ2n) is 5.01. The van der Waals surface area contributed by atoms with Gasteiger partial charge in [-0.2, -0.15) is 0 Å². The third kappa shape index (κ3) is 2.65. The summed E-state index contributed by atoms with van der Waals surface area (Å²) in [7, 11) is 0. The van der Waals surface area contributed by atoms with Crippen LogP contribution in [0, 0.1) is 12.7 Å². The van der Waals surface area contributed by atoms with Crippen LogP contribution < -0.4 is 5.32 Å². The Morgan fingerprint density at radius 2 is 2.10 bits per heavy atom. The summed E-state index contributed by atoms with van der Waals surface area (Å²) in [5.74, 6) is -0.421. The molecule has 1 heterocycles. The highest BCUT2D eigenvalue weighted by atomic mass is 19.1. The van der Waals surface area contributed by atoms with Crippen LogP contribution in [-0.2, 0) is 6.54 Å². The molecule has 21 heavy (non-hydrogen) atoms. The van der Waals surface area contributed by atoms with Gasteiger partial charge < -0.3 is 10.3 Å². The predicted molar refractivity (Wildman–Crippen MR) is 80.6 cm³/mol. The number of hydrogen-bond acceptors (Lipinski definition) is 1. The molecule has 3 nitrogen and oxygen atoms in total. The Kier molecular flexibility index (Phi) is 3.44. The number of H-pyrrole nitrogens is 1. The van der Waals surface area contributed by atoms with Crippen LogP contribution in [0.5, 0.6) is 0 Å². The molecule has 4 heteroatoms. The Bertz CT molecular complexity index is 807. The van der Waals surface area contributed by atoms with E-state index in [0.717, 1.165) is 16.5 Å². The summed E-state index contributed by atoms with van der Waals surface area (Å²) in [5.41, 5.74) is 2.88. The number of carbonyl (C=O) groups is 1. The minimum atomic E-state index is -0.255. The van der Waals surface area contributed by atoms with E-state index in [9.17, 15) is 9.18 Å². The number of aromatic nitrogens is 1. The predicted octanol–water partition coefficient (Wildman–Crippen LogP) is 3.55. The van der Waals surface area contributed by atoms with Gasteiger partial charge >= 0.3 is 0 Å². The molecular formula is C17H15FN2O. The van der Waals surface area contributed by atoms with Crippen LogP contribution in [-0.4, -0.2) is 10.9 Å². The molecular weight excluding hydrogens is 267 g/mol. The van der Waals surface area contributed by atoms with E-state index >= 15 is 0 Å². The Balaban J connectivity index is 1.77. The van der Waals surface area contributed by atoms with E-state index in [1.807, 2.05) is 24.3 Å². The van der Waals surface area contributed by atoms with Crippen LogP contribution in [0.15, 0.2) is 48.7 Å². The van der Waals surface area contributed by atoms with Crippen molar-refractivity contribution in [1.82, 2.24) is 10.3 Å². The van der Waals surface area contributed by atoms with Crippen molar-refractivity contribution in [3.8, 4) is 0 Å². The summed E-state index contributed by atoms with van der Waals surface area (Å²) in [6.45, 7) is 2.02. The molecule has 3 rings (SSSR count). The Labute approximate surface area is 121 Å². The number of nitrogens with one attached hydrogen (secondary N) is 2. The zero-order chi connectivity index (χ0) is 14.8. The van der Waals surface area contributed by atoms with E-state index in [1.165, 1.54) is 6.07 Å². The van der Waals surface area contributed by atoms with E-state index in [1.54, 1.807) is 25.3 Å². The Hall–Kier alpha value is -2.62. The molecule has 0 unspecified atom stereocenters. The molecule has 0 fully saturated rings. The maximum atomic E-state index is 13.5. The van der Waals surface area contributed by atoms with Gasteiger partial charge in [0.25, 0.3) is 5.91 Å². The first-order valence-electron chi connectivity index (χ1n) is 6.74. The fraction of sp³-hybridized carbons (Fsp3) is 0.118. The number of aryl methyl sites for hydroxylation is 1. The lowest BCUT2D eigenvalue weighted by Crippen LogP contribution is -2.23. The SMILES string of the molecule is Cc1ccc(CNC(=O)c2cccc3[nH]ccc23)cc1F. The molecule has 0 atom stereocenters. The number of rotatable bonds is 3. The molecule has 0 aliphatic heterocycles. The maximum absolute atomic E-state index is 13.5. The van der Waals surface area contributed by atoms with Crippen molar-refractivity contribution in [2.75, 3.05) is 0 Å². The lowest BCUT2D eigenvalue weighted by Gasteiger charge is -2.07. The van der Waals surface area contributed by atoms with Gasteiger partial charge in [0.05, 0.1) is 0 Å². The molecule has 106 valence electrons. The largest absolute Gasteiger partial charge is 0.361 e. The van der Waals surface area contributed by atoms with Gasteiger partial charge in [0.1, 0.15) is 5.82 Å². The van der Waals surface area contributed by atoms with Crippen LogP contribution in [0.3, 0.4) is 0 Å². The lowest BCUT2D eigenvalue weighted by molar-refractivity contribution is 0.0952. The monoisotopic (exact) mass is 282 g/mol. The second-order valence-corrected chi connectivity index (χ2v) is 5.01. The minimum absolute atomic E-state index is 0.166. The van der Waals surface area contributed by atoms with Gasteiger partial charge in [-0.15, -0.1) is 0 Å². The Morgan fingerprint density at radius 3 is 2.90 bits per heavy atom. The molecule has 0 bridgehead atoms. The van der Waals surface area contributed by atoms with E-state index in [4.69, 9.17) is 0 Å². The topological polar surface area (TPSA) is 44.9 Å². The number of fused-ring (bicyclic) bond motifs is 1. The van der Waals surface area contributed by atoms with Gasteiger partial charge in [-0.1, -0.05) is 18.2 Å². The van der Waals surface area contributed by atoms with Gasteiger partial charge in [0.2, 0.25) is 0 Å². The highest BCUT2D eigenvalue weighted by Gasteiger charge is 2.10. The van der Waals surface area contributed by atoms with E-state index in [-0.39, 0.29) is 11.7 Å². The molecule has 2 N–H and O–H groups in total. The number of benzene rings is 2. The Morgan fingerprint density at radius 1 is 1.24 bits per heavy atom. The average molecular weight is 282 g/mol. The van der Waals surface area contributed by atoms with Gasteiger partial charge in [-0.05, 0) is 42.3 Å².